The minimum absolute atomic E-state index is 0.129. The van der Waals surface area contributed by atoms with Gasteiger partial charge in [0.15, 0.2) is 0 Å². The summed E-state index contributed by atoms with van der Waals surface area (Å²) in [5.74, 6) is -1.50. The molecule has 150 valence electrons. The highest BCUT2D eigenvalue weighted by Gasteiger charge is 2.23. The van der Waals surface area contributed by atoms with Crippen molar-refractivity contribution in [3.05, 3.63) is 70.4 Å². The van der Waals surface area contributed by atoms with Crippen LogP contribution in [0.5, 0.6) is 0 Å². The molecule has 0 radical (unpaired) electrons. The smallest absolute Gasteiger partial charge is 0.257 e. The summed E-state index contributed by atoms with van der Waals surface area (Å²) >= 11 is 6.16. The molecule has 1 aliphatic heterocycles. The Kier molecular flexibility index (Phi) is 5.60. The number of pyridine rings is 1. The van der Waals surface area contributed by atoms with E-state index in [9.17, 15) is 13.6 Å². The monoisotopic (exact) mass is 417 g/mol. The number of hydrogen-bond acceptors (Lipinski definition) is 4. The standard InChI is InChI=1S/C21H18ClF2N3O2/c22-14-1-2-19-17(9-14)20(26-11-13-7-15(23)10-16(24)8-13)18(12-25-19)21(28)27-3-5-29-6-4-27/h1-2,7-10,12H,3-6,11H2,(H,25,26). The minimum atomic E-state index is -0.658. The summed E-state index contributed by atoms with van der Waals surface area (Å²) in [6.45, 7) is 2.06. The van der Waals surface area contributed by atoms with Crippen LogP contribution in [-0.4, -0.2) is 42.1 Å². The van der Waals surface area contributed by atoms with Crippen molar-refractivity contribution in [2.45, 2.75) is 6.54 Å². The Morgan fingerprint density at radius 3 is 2.59 bits per heavy atom. The molecule has 1 aromatic heterocycles. The third-order valence-corrected chi connectivity index (χ3v) is 4.99. The normalized spacial score (nSPS) is 14.2. The molecule has 8 heteroatoms. The van der Waals surface area contributed by atoms with Crippen LogP contribution in [0.1, 0.15) is 15.9 Å². The van der Waals surface area contributed by atoms with Gasteiger partial charge in [-0.25, -0.2) is 8.78 Å². The molecule has 0 bridgehead atoms. The minimum Gasteiger partial charge on any atom is -0.380 e. The van der Waals surface area contributed by atoms with Crippen molar-refractivity contribution in [2.24, 2.45) is 0 Å². The van der Waals surface area contributed by atoms with E-state index in [1.165, 1.54) is 18.3 Å². The molecule has 0 aliphatic carbocycles. The number of ether oxygens (including phenoxy) is 1. The lowest BCUT2D eigenvalue weighted by Gasteiger charge is -2.28. The van der Waals surface area contributed by atoms with E-state index in [1.54, 1.807) is 23.1 Å². The number of fused-ring (bicyclic) bond motifs is 1. The van der Waals surface area contributed by atoms with Gasteiger partial charge < -0.3 is 15.0 Å². The van der Waals surface area contributed by atoms with Gasteiger partial charge in [0.2, 0.25) is 0 Å². The van der Waals surface area contributed by atoms with Crippen molar-refractivity contribution in [3.63, 3.8) is 0 Å². The summed E-state index contributed by atoms with van der Waals surface area (Å²) in [5, 5.41) is 4.32. The van der Waals surface area contributed by atoms with Crippen LogP contribution in [0.15, 0.2) is 42.6 Å². The molecule has 0 spiro atoms. The Balaban J connectivity index is 1.73. The Bertz CT molecular complexity index is 1050. The first-order chi connectivity index (χ1) is 14.0. The van der Waals surface area contributed by atoms with Gasteiger partial charge in [-0.2, -0.15) is 0 Å². The SMILES string of the molecule is O=C(c1cnc2ccc(Cl)cc2c1NCc1cc(F)cc(F)c1)N1CCOCC1. The van der Waals surface area contributed by atoms with E-state index in [1.807, 2.05) is 0 Å². The van der Waals surface area contributed by atoms with Crippen LogP contribution in [0.25, 0.3) is 10.9 Å². The summed E-state index contributed by atoms with van der Waals surface area (Å²) in [6, 6.07) is 8.50. The number of nitrogens with zero attached hydrogens (tertiary/aromatic N) is 2. The fraction of sp³-hybridized carbons (Fsp3) is 0.238. The average molecular weight is 418 g/mol. The Morgan fingerprint density at radius 1 is 1.14 bits per heavy atom. The highest BCUT2D eigenvalue weighted by Crippen LogP contribution is 2.30. The fourth-order valence-corrected chi connectivity index (χ4v) is 3.53. The summed E-state index contributed by atoms with van der Waals surface area (Å²) < 4.78 is 32.4. The second kappa shape index (κ2) is 8.31. The van der Waals surface area contributed by atoms with Crippen LogP contribution in [0.4, 0.5) is 14.5 Å². The topological polar surface area (TPSA) is 54.5 Å². The summed E-state index contributed by atoms with van der Waals surface area (Å²) in [6.07, 6.45) is 1.52. The second-order valence-electron chi connectivity index (χ2n) is 6.74. The third kappa shape index (κ3) is 4.31. The van der Waals surface area contributed by atoms with Crippen LogP contribution < -0.4 is 5.32 Å². The predicted molar refractivity (Wildman–Crippen MR) is 107 cm³/mol. The van der Waals surface area contributed by atoms with Gasteiger partial charge in [0, 0.05) is 42.3 Å². The third-order valence-electron chi connectivity index (χ3n) is 4.75. The molecule has 2 aromatic carbocycles. The van der Waals surface area contributed by atoms with Crippen LogP contribution >= 0.6 is 11.6 Å². The number of aromatic nitrogens is 1. The maximum atomic E-state index is 13.5. The van der Waals surface area contributed by atoms with Crippen molar-refractivity contribution in [3.8, 4) is 0 Å². The molecule has 4 rings (SSSR count). The Morgan fingerprint density at radius 2 is 1.86 bits per heavy atom. The molecule has 3 aromatic rings. The van der Waals surface area contributed by atoms with Gasteiger partial charge in [-0.05, 0) is 35.9 Å². The number of amides is 1. The van der Waals surface area contributed by atoms with E-state index in [0.29, 0.717) is 59.0 Å². The van der Waals surface area contributed by atoms with Crippen LogP contribution in [-0.2, 0) is 11.3 Å². The van der Waals surface area contributed by atoms with Crippen molar-refractivity contribution < 1.29 is 18.3 Å². The van der Waals surface area contributed by atoms with Crippen LogP contribution in [0.3, 0.4) is 0 Å². The number of hydrogen-bond donors (Lipinski definition) is 1. The molecule has 0 unspecified atom stereocenters. The lowest BCUT2D eigenvalue weighted by Crippen LogP contribution is -2.41. The van der Waals surface area contributed by atoms with E-state index in [2.05, 4.69) is 10.3 Å². The highest BCUT2D eigenvalue weighted by molar-refractivity contribution is 6.31. The van der Waals surface area contributed by atoms with Gasteiger partial charge in [0.25, 0.3) is 5.91 Å². The summed E-state index contributed by atoms with van der Waals surface area (Å²) in [4.78, 5) is 19.2. The zero-order valence-electron chi connectivity index (χ0n) is 15.4. The van der Waals surface area contributed by atoms with Crippen molar-refractivity contribution in [1.82, 2.24) is 9.88 Å². The van der Waals surface area contributed by atoms with Crippen LogP contribution in [0, 0.1) is 11.6 Å². The van der Waals surface area contributed by atoms with E-state index in [-0.39, 0.29) is 12.5 Å². The molecule has 0 saturated carbocycles. The van der Waals surface area contributed by atoms with E-state index in [0.717, 1.165) is 6.07 Å². The first kappa shape index (κ1) is 19.5. The van der Waals surface area contributed by atoms with Gasteiger partial charge in [0.1, 0.15) is 11.6 Å². The first-order valence-corrected chi connectivity index (χ1v) is 9.53. The second-order valence-corrected chi connectivity index (χ2v) is 7.18. The summed E-state index contributed by atoms with van der Waals surface area (Å²) in [5.41, 5.74) is 1.97. The van der Waals surface area contributed by atoms with Gasteiger partial charge in [0.05, 0.1) is 30.0 Å². The Labute approximate surface area is 171 Å². The van der Waals surface area contributed by atoms with Crippen LogP contribution in [0.2, 0.25) is 5.02 Å². The largest absolute Gasteiger partial charge is 0.380 e. The molecule has 5 nitrogen and oxygen atoms in total. The summed E-state index contributed by atoms with van der Waals surface area (Å²) in [7, 11) is 0. The zero-order valence-corrected chi connectivity index (χ0v) is 16.2. The average Bonchev–Trinajstić information content (AvgIpc) is 2.71. The maximum Gasteiger partial charge on any atom is 0.257 e. The Hall–Kier alpha value is -2.77. The van der Waals surface area contributed by atoms with Gasteiger partial charge in [-0.1, -0.05) is 11.6 Å². The van der Waals surface area contributed by atoms with Gasteiger partial charge in [-0.3, -0.25) is 9.78 Å². The molecular formula is C21H18ClF2N3O2. The molecular weight excluding hydrogens is 400 g/mol. The van der Waals surface area contributed by atoms with E-state index >= 15 is 0 Å². The number of morpholine rings is 1. The molecule has 1 saturated heterocycles. The predicted octanol–water partition coefficient (Wildman–Crippen LogP) is 4.25. The molecule has 2 heterocycles. The number of halogens is 3. The lowest BCUT2D eigenvalue weighted by atomic mass is 10.1. The fourth-order valence-electron chi connectivity index (χ4n) is 3.36. The number of benzene rings is 2. The maximum absolute atomic E-state index is 13.5. The van der Waals surface area contributed by atoms with Gasteiger partial charge >= 0.3 is 0 Å². The van der Waals surface area contributed by atoms with E-state index in [4.69, 9.17) is 16.3 Å². The molecule has 1 N–H and O–H groups in total. The first-order valence-electron chi connectivity index (χ1n) is 9.15. The van der Waals surface area contributed by atoms with Crippen molar-refractivity contribution in [2.75, 3.05) is 31.6 Å². The molecule has 0 atom stereocenters. The molecule has 1 aliphatic rings. The number of anilines is 1. The number of carbonyl (C=O) groups is 1. The van der Waals surface area contributed by atoms with E-state index < -0.39 is 11.6 Å². The number of nitrogens with one attached hydrogen (secondary N) is 1. The molecule has 29 heavy (non-hydrogen) atoms. The zero-order chi connectivity index (χ0) is 20.4. The highest BCUT2D eigenvalue weighted by atomic mass is 35.5. The molecule has 1 fully saturated rings. The number of carbonyl (C=O) groups excluding carboxylic acids is 1. The van der Waals surface area contributed by atoms with Gasteiger partial charge in [-0.15, -0.1) is 0 Å². The lowest BCUT2D eigenvalue weighted by molar-refractivity contribution is 0.0303. The van der Waals surface area contributed by atoms with Crippen molar-refractivity contribution >= 4 is 34.1 Å². The quantitative estimate of drug-likeness (QED) is 0.689. The number of rotatable bonds is 4. The van der Waals surface area contributed by atoms with Crippen molar-refractivity contribution in [1.29, 1.82) is 0 Å². The molecule has 1 amide bonds.